The highest BCUT2D eigenvalue weighted by Crippen LogP contribution is 2.05. The van der Waals surface area contributed by atoms with Gasteiger partial charge in [0.15, 0.2) is 0 Å². The molecule has 1 aromatic heterocycles. The molecule has 1 heterocycles. The Labute approximate surface area is 80.7 Å². The zero-order chi connectivity index (χ0) is 10.7. The van der Waals surface area contributed by atoms with Crippen LogP contribution in [0.15, 0.2) is 16.7 Å². The molecule has 0 aliphatic rings. The lowest BCUT2D eigenvalue weighted by molar-refractivity contribution is -0.138. The number of aliphatic carboxylic acids is 1. The number of hydrogen-bond donors (Lipinski definition) is 2. The summed E-state index contributed by atoms with van der Waals surface area (Å²) in [6.07, 6.45) is 1.29. The molecule has 0 aliphatic carbocycles. The van der Waals surface area contributed by atoms with Gasteiger partial charge in [-0.25, -0.2) is 0 Å². The van der Waals surface area contributed by atoms with Crippen LogP contribution in [0.3, 0.4) is 0 Å². The van der Waals surface area contributed by atoms with E-state index in [-0.39, 0.29) is 0 Å². The number of aryl methyl sites for hydroxylation is 1. The summed E-state index contributed by atoms with van der Waals surface area (Å²) in [5, 5.41) is 10.9. The van der Waals surface area contributed by atoms with Crippen molar-refractivity contribution in [1.82, 2.24) is 5.32 Å². The molecule has 0 fully saturated rings. The number of carbonyl (C=O) groups excluding carboxylic acids is 1. The lowest BCUT2D eigenvalue weighted by atomic mass is 10.2. The molecule has 0 bridgehead atoms. The van der Waals surface area contributed by atoms with E-state index < -0.39 is 17.9 Å². The van der Waals surface area contributed by atoms with E-state index >= 15 is 0 Å². The van der Waals surface area contributed by atoms with E-state index in [2.05, 4.69) is 5.32 Å². The van der Waals surface area contributed by atoms with Crippen molar-refractivity contribution < 1.29 is 19.1 Å². The van der Waals surface area contributed by atoms with Crippen LogP contribution >= 0.6 is 0 Å². The maximum atomic E-state index is 11.3. The van der Waals surface area contributed by atoms with Crippen LogP contribution in [-0.4, -0.2) is 23.0 Å². The molecule has 5 heteroatoms. The SMILES string of the molecule is Cc1cc(C(=O)N[C@@H](C)C(=O)O)co1. The summed E-state index contributed by atoms with van der Waals surface area (Å²) in [5.74, 6) is -0.909. The molecular weight excluding hydrogens is 186 g/mol. The Hall–Kier alpha value is -1.78. The number of carbonyl (C=O) groups is 2. The van der Waals surface area contributed by atoms with Crippen LogP contribution in [-0.2, 0) is 4.79 Å². The summed E-state index contributed by atoms with van der Waals surface area (Å²) in [4.78, 5) is 21.8. The van der Waals surface area contributed by atoms with Gasteiger partial charge < -0.3 is 14.8 Å². The van der Waals surface area contributed by atoms with Gasteiger partial charge in [-0.15, -0.1) is 0 Å². The minimum absolute atomic E-state index is 0.329. The smallest absolute Gasteiger partial charge is 0.325 e. The lowest BCUT2D eigenvalue weighted by Crippen LogP contribution is -2.38. The van der Waals surface area contributed by atoms with Gasteiger partial charge in [-0.3, -0.25) is 9.59 Å². The van der Waals surface area contributed by atoms with Crippen LogP contribution in [0.5, 0.6) is 0 Å². The van der Waals surface area contributed by atoms with Crippen LogP contribution < -0.4 is 5.32 Å². The largest absolute Gasteiger partial charge is 0.480 e. The Morgan fingerprint density at radius 3 is 2.64 bits per heavy atom. The number of rotatable bonds is 3. The van der Waals surface area contributed by atoms with Gasteiger partial charge in [0.2, 0.25) is 0 Å². The van der Waals surface area contributed by atoms with E-state index in [0.717, 1.165) is 0 Å². The fraction of sp³-hybridized carbons (Fsp3) is 0.333. The average molecular weight is 197 g/mol. The summed E-state index contributed by atoms with van der Waals surface area (Å²) in [7, 11) is 0. The molecule has 1 atom stereocenters. The molecular formula is C9H11NO4. The van der Waals surface area contributed by atoms with E-state index in [1.54, 1.807) is 13.0 Å². The number of nitrogens with one attached hydrogen (secondary N) is 1. The summed E-state index contributed by atoms with van der Waals surface area (Å²) >= 11 is 0. The second-order valence-corrected chi connectivity index (χ2v) is 2.98. The second kappa shape index (κ2) is 3.95. The Morgan fingerprint density at radius 1 is 1.57 bits per heavy atom. The van der Waals surface area contributed by atoms with E-state index in [4.69, 9.17) is 9.52 Å². The van der Waals surface area contributed by atoms with Gasteiger partial charge in [0.05, 0.1) is 5.56 Å². The average Bonchev–Trinajstić information content (AvgIpc) is 2.51. The van der Waals surface area contributed by atoms with Crippen molar-refractivity contribution in [2.24, 2.45) is 0 Å². The highest BCUT2D eigenvalue weighted by atomic mass is 16.4. The Kier molecular flexibility index (Phi) is 2.91. The molecule has 0 saturated carbocycles. The van der Waals surface area contributed by atoms with Gasteiger partial charge in [-0.1, -0.05) is 0 Å². The number of amides is 1. The van der Waals surface area contributed by atoms with Gasteiger partial charge in [0.1, 0.15) is 18.1 Å². The topological polar surface area (TPSA) is 79.5 Å². The fourth-order valence-electron chi connectivity index (χ4n) is 0.904. The lowest BCUT2D eigenvalue weighted by Gasteiger charge is -2.06. The summed E-state index contributed by atoms with van der Waals surface area (Å²) in [5.41, 5.74) is 0.329. The van der Waals surface area contributed by atoms with Crippen molar-refractivity contribution in [3.05, 3.63) is 23.7 Å². The van der Waals surface area contributed by atoms with Crippen molar-refractivity contribution in [1.29, 1.82) is 0 Å². The van der Waals surface area contributed by atoms with E-state index in [1.807, 2.05) is 0 Å². The second-order valence-electron chi connectivity index (χ2n) is 2.98. The molecule has 0 unspecified atom stereocenters. The van der Waals surface area contributed by atoms with Crippen molar-refractivity contribution >= 4 is 11.9 Å². The van der Waals surface area contributed by atoms with Gasteiger partial charge in [-0.2, -0.15) is 0 Å². The third-order valence-electron chi connectivity index (χ3n) is 1.71. The van der Waals surface area contributed by atoms with Gasteiger partial charge >= 0.3 is 5.97 Å². The molecule has 1 aromatic rings. The molecule has 0 aliphatic heterocycles. The fourth-order valence-corrected chi connectivity index (χ4v) is 0.904. The van der Waals surface area contributed by atoms with Crippen LogP contribution in [0, 0.1) is 6.92 Å². The number of furan rings is 1. The Balaban J connectivity index is 2.63. The zero-order valence-corrected chi connectivity index (χ0v) is 7.90. The Bertz CT molecular complexity index is 355. The number of carboxylic acids is 1. The van der Waals surface area contributed by atoms with Gasteiger partial charge in [-0.05, 0) is 19.9 Å². The molecule has 1 rings (SSSR count). The van der Waals surface area contributed by atoms with Gasteiger partial charge in [0.25, 0.3) is 5.91 Å². The standard InChI is InChI=1S/C9H11NO4/c1-5-3-7(4-14-5)8(11)10-6(2)9(12)13/h3-4,6H,1-2H3,(H,10,11)(H,12,13)/t6-/m0/s1. The van der Waals surface area contributed by atoms with Crippen molar-refractivity contribution in [3.8, 4) is 0 Å². The molecule has 1 amide bonds. The Morgan fingerprint density at radius 2 is 2.21 bits per heavy atom. The van der Waals surface area contributed by atoms with Crippen LogP contribution in [0.4, 0.5) is 0 Å². The molecule has 0 spiro atoms. The highest BCUT2D eigenvalue weighted by molar-refractivity contribution is 5.96. The minimum Gasteiger partial charge on any atom is -0.480 e. The molecule has 5 nitrogen and oxygen atoms in total. The normalized spacial score (nSPS) is 12.1. The first-order chi connectivity index (χ1) is 6.50. The molecule has 0 aromatic carbocycles. The monoisotopic (exact) mass is 197 g/mol. The number of hydrogen-bond acceptors (Lipinski definition) is 3. The first-order valence-corrected chi connectivity index (χ1v) is 4.09. The predicted molar refractivity (Wildman–Crippen MR) is 48.0 cm³/mol. The van der Waals surface area contributed by atoms with Gasteiger partial charge in [0, 0.05) is 0 Å². The van der Waals surface area contributed by atoms with Crippen LogP contribution in [0.25, 0.3) is 0 Å². The summed E-state index contributed by atoms with van der Waals surface area (Å²) in [6.45, 7) is 3.10. The molecule has 0 saturated heterocycles. The molecule has 2 N–H and O–H groups in total. The van der Waals surface area contributed by atoms with Crippen molar-refractivity contribution in [3.63, 3.8) is 0 Å². The van der Waals surface area contributed by atoms with E-state index in [9.17, 15) is 9.59 Å². The molecule has 0 radical (unpaired) electrons. The quantitative estimate of drug-likeness (QED) is 0.750. The summed E-state index contributed by atoms with van der Waals surface area (Å²) in [6, 6.07) is 0.641. The zero-order valence-electron chi connectivity index (χ0n) is 7.90. The highest BCUT2D eigenvalue weighted by Gasteiger charge is 2.16. The van der Waals surface area contributed by atoms with Crippen molar-refractivity contribution in [2.45, 2.75) is 19.9 Å². The minimum atomic E-state index is -1.07. The van der Waals surface area contributed by atoms with Crippen molar-refractivity contribution in [2.75, 3.05) is 0 Å². The molecule has 76 valence electrons. The van der Waals surface area contributed by atoms with E-state index in [1.165, 1.54) is 13.2 Å². The van der Waals surface area contributed by atoms with Crippen LogP contribution in [0.2, 0.25) is 0 Å². The van der Waals surface area contributed by atoms with Crippen LogP contribution in [0.1, 0.15) is 23.0 Å². The summed E-state index contributed by atoms with van der Waals surface area (Å²) < 4.78 is 4.92. The third kappa shape index (κ3) is 2.35. The third-order valence-corrected chi connectivity index (χ3v) is 1.71. The molecule has 14 heavy (non-hydrogen) atoms. The number of carboxylic acid groups (broad SMARTS) is 1. The maximum Gasteiger partial charge on any atom is 0.325 e. The first kappa shape index (κ1) is 10.3. The van der Waals surface area contributed by atoms with E-state index in [0.29, 0.717) is 11.3 Å². The first-order valence-electron chi connectivity index (χ1n) is 4.09. The maximum absolute atomic E-state index is 11.3. The predicted octanol–water partition coefficient (Wildman–Crippen LogP) is 0.791.